The average molecular weight is 341 g/mol. The zero-order valence-corrected chi connectivity index (χ0v) is 15.4. The van der Waals surface area contributed by atoms with Gasteiger partial charge in [0, 0.05) is 33.6 Å². The summed E-state index contributed by atoms with van der Waals surface area (Å²) in [6.45, 7) is 7.32. The maximum Gasteiger partial charge on any atom is 0.119 e. The van der Waals surface area contributed by atoms with Gasteiger partial charge >= 0.3 is 0 Å². The number of thiophene rings is 1. The van der Waals surface area contributed by atoms with Gasteiger partial charge in [-0.05, 0) is 57.2 Å². The van der Waals surface area contributed by atoms with Crippen molar-refractivity contribution in [2.24, 2.45) is 0 Å². The molecule has 3 aromatic rings. The lowest BCUT2D eigenvalue weighted by Gasteiger charge is -2.13. The maximum absolute atomic E-state index is 5.22. The number of benzene rings is 1. The van der Waals surface area contributed by atoms with Crippen LogP contribution in [0.1, 0.15) is 34.0 Å². The second-order valence-electron chi connectivity index (χ2n) is 5.91. The van der Waals surface area contributed by atoms with Crippen LogP contribution in [0, 0.1) is 13.8 Å². The smallest absolute Gasteiger partial charge is 0.119 e. The standard InChI is InChI=1S/C19H23N3OS/c1-13-5-10-18(24-13)11-20-14(2)19-12-21-22(15(19)3)16-6-8-17(23-4)9-7-16/h5-10,12,14,20H,11H2,1-4H3. The van der Waals surface area contributed by atoms with Crippen LogP contribution in [-0.2, 0) is 6.54 Å². The molecule has 1 N–H and O–H groups in total. The summed E-state index contributed by atoms with van der Waals surface area (Å²) in [7, 11) is 1.68. The van der Waals surface area contributed by atoms with E-state index in [0.29, 0.717) is 0 Å². The fourth-order valence-electron chi connectivity index (χ4n) is 2.77. The maximum atomic E-state index is 5.22. The van der Waals surface area contributed by atoms with Gasteiger partial charge in [-0.25, -0.2) is 4.68 Å². The van der Waals surface area contributed by atoms with Gasteiger partial charge in [0.05, 0.1) is 19.0 Å². The Bertz CT molecular complexity index is 804. The molecule has 126 valence electrons. The molecule has 0 bridgehead atoms. The molecule has 0 aliphatic heterocycles. The molecular weight excluding hydrogens is 318 g/mol. The summed E-state index contributed by atoms with van der Waals surface area (Å²) in [5.41, 5.74) is 3.42. The topological polar surface area (TPSA) is 39.1 Å². The summed E-state index contributed by atoms with van der Waals surface area (Å²) in [6.07, 6.45) is 1.96. The van der Waals surface area contributed by atoms with E-state index in [1.807, 2.05) is 46.5 Å². The van der Waals surface area contributed by atoms with Crippen molar-refractivity contribution in [3.8, 4) is 11.4 Å². The molecule has 4 nitrogen and oxygen atoms in total. The Kier molecular flexibility index (Phi) is 5.02. The molecule has 2 aromatic heterocycles. The van der Waals surface area contributed by atoms with Crippen molar-refractivity contribution in [3.63, 3.8) is 0 Å². The highest BCUT2D eigenvalue weighted by Crippen LogP contribution is 2.23. The monoisotopic (exact) mass is 341 g/mol. The first-order valence-electron chi connectivity index (χ1n) is 8.06. The predicted molar refractivity (Wildman–Crippen MR) is 99.2 cm³/mol. The van der Waals surface area contributed by atoms with Crippen molar-refractivity contribution in [3.05, 3.63) is 63.6 Å². The zero-order chi connectivity index (χ0) is 17.1. The van der Waals surface area contributed by atoms with Crippen molar-refractivity contribution in [1.82, 2.24) is 15.1 Å². The summed E-state index contributed by atoms with van der Waals surface area (Å²) in [6, 6.07) is 12.6. The lowest BCUT2D eigenvalue weighted by Crippen LogP contribution is -2.18. The van der Waals surface area contributed by atoms with E-state index in [2.05, 4.69) is 43.3 Å². The lowest BCUT2D eigenvalue weighted by molar-refractivity contribution is 0.414. The summed E-state index contributed by atoms with van der Waals surface area (Å²) < 4.78 is 7.19. The van der Waals surface area contributed by atoms with E-state index in [0.717, 1.165) is 23.7 Å². The van der Waals surface area contributed by atoms with E-state index < -0.39 is 0 Å². The Morgan fingerprint density at radius 1 is 1.17 bits per heavy atom. The van der Waals surface area contributed by atoms with E-state index in [-0.39, 0.29) is 6.04 Å². The molecule has 1 aromatic carbocycles. The summed E-state index contributed by atoms with van der Waals surface area (Å²) >= 11 is 1.84. The van der Waals surface area contributed by atoms with Crippen LogP contribution in [0.4, 0.5) is 0 Å². The van der Waals surface area contributed by atoms with Crippen LogP contribution >= 0.6 is 11.3 Å². The van der Waals surface area contributed by atoms with Gasteiger partial charge in [-0.3, -0.25) is 0 Å². The van der Waals surface area contributed by atoms with Gasteiger partial charge in [-0.1, -0.05) is 0 Å². The van der Waals surface area contributed by atoms with E-state index >= 15 is 0 Å². The highest BCUT2D eigenvalue weighted by atomic mass is 32.1. The van der Waals surface area contributed by atoms with Crippen LogP contribution in [0.3, 0.4) is 0 Å². The Hall–Kier alpha value is -2.11. The summed E-state index contributed by atoms with van der Waals surface area (Å²) in [5, 5.41) is 8.15. The fraction of sp³-hybridized carbons (Fsp3) is 0.316. The molecule has 0 spiro atoms. The van der Waals surface area contributed by atoms with Gasteiger partial charge in [-0.15, -0.1) is 11.3 Å². The third kappa shape index (κ3) is 3.52. The minimum absolute atomic E-state index is 0.249. The highest BCUT2D eigenvalue weighted by molar-refractivity contribution is 7.11. The number of hydrogen-bond acceptors (Lipinski definition) is 4. The van der Waals surface area contributed by atoms with Crippen molar-refractivity contribution in [2.45, 2.75) is 33.4 Å². The third-order valence-corrected chi connectivity index (χ3v) is 5.21. The number of aromatic nitrogens is 2. The van der Waals surface area contributed by atoms with E-state index in [4.69, 9.17) is 4.74 Å². The Morgan fingerprint density at radius 2 is 1.92 bits per heavy atom. The number of hydrogen-bond donors (Lipinski definition) is 1. The van der Waals surface area contributed by atoms with Crippen LogP contribution in [0.15, 0.2) is 42.6 Å². The Balaban J connectivity index is 1.73. The molecule has 0 aliphatic rings. The normalized spacial score (nSPS) is 12.3. The summed E-state index contributed by atoms with van der Waals surface area (Å²) in [5.74, 6) is 0.852. The number of methoxy groups -OCH3 is 1. The molecule has 0 radical (unpaired) electrons. The van der Waals surface area contributed by atoms with E-state index in [9.17, 15) is 0 Å². The number of nitrogens with zero attached hydrogens (tertiary/aromatic N) is 2. The molecule has 3 rings (SSSR count). The molecule has 5 heteroatoms. The zero-order valence-electron chi connectivity index (χ0n) is 14.5. The molecule has 1 atom stereocenters. The van der Waals surface area contributed by atoms with Crippen molar-refractivity contribution in [2.75, 3.05) is 7.11 Å². The quantitative estimate of drug-likeness (QED) is 0.722. The van der Waals surface area contributed by atoms with Crippen molar-refractivity contribution >= 4 is 11.3 Å². The average Bonchev–Trinajstić information content (AvgIpc) is 3.18. The van der Waals surface area contributed by atoms with Crippen LogP contribution in [0.25, 0.3) is 5.69 Å². The second kappa shape index (κ2) is 7.20. The molecule has 0 aliphatic carbocycles. The van der Waals surface area contributed by atoms with Gasteiger partial charge in [-0.2, -0.15) is 5.10 Å². The lowest BCUT2D eigenvalue weighted by atomic mass is 10.1. The first kappa shape index (κ1) is 16.7. The SMILES string of the molecule is COc1ccc(-n2ncc(C(C)NCc3ccc(C)s3)c2C)cc1. The number of nitrogens with one attached hydrogen (secondary N) is 1. The minimum atomic E-state index is 0.249. The molecule has 1 unspecified atom stereocenters. The first-order chi connectivity index (χ1) is 11.6. The van der Waals surface area contributed by atoms with Crippen LogP contribution in [0.2, 0.25) is 0 Å². The Morgan fingerprint density at radius 3 is 2.54 bits per heavy atom. The second-order valence-corrected chi connectivity index (χ2v) is 7.28. The van der Waals surface area contributed by atoms with Gasteiger partial charge in [0.1, 0.15) is 5.75 Å². The van der Waals surface area contributed by atoms with Crippen molar-refractivity contribution in [1.29, 1.82) is 0 Å². The molecule has 24 heavy (non-hydrogen) atoms. The molecule has 0 fully saturated rings. The fourth-order valence-corrected chi connectivity index (χ4v) is 3.62. The predicted octanol–water partition coefficient (Wildman–Crippen LogP) is 4.41. The van der Waals surface area contributed by atoms with E-state index in [1.165, 1.54) is 15.3 Å². The molecule has 2 heterocycles. The third-order valence-electron chi connectivity index (χ3n) is 4.21. The van der Waals surface area contributed by atoms with Gasteiger partial charge in [0.2, 0.25) is 0 Å². The number of aryl methyl sites for hydroxylation is 1. The molecular formula is C19H23N3OS. The molecule has 0 amide bonds. The first-order valence-corrected chi connectivity index (χ1v) is 8.88. The van der Waals surface area contributed by atoms with Crippen LogP contribution < -0.4 is 10.1 Å². The van der Waals surface area contributed by atoms with E-state index in [1.54, 1.807) is 7.11 Å². The minimum Gasteiger partial charge on any atom is -0.497 e. The number of rotatable bonds is 6. The van der Waals surface area contributed by atoms with Gasteiger partial charge < -0.3 is 10.1 Å². The van der Waals surface area contributed by atoms with Crippen LogP contribution in [-0.4, -0.2) is 16.9 Å². The highest BCUT2D eigenvalue weighted by Gasteiger charge is 2.14. The van der Waals surface area contributed by atoms with Crippen molar-refractivity contribution < 1.29 is 4.74 Å². The molecule has 0 saturated carbocycles. The summed E-state index contributed by atoms with van der Waals surface area (Å²) in [4.78, 5) is 2.71. The van der Waals surface area contributed by atoms with Gasteiger partial charge in [0.25, 0.3) is 0 Å². The Labute approximate surface area is 147 Å². The van der Waals surface area contributed by atoms with Gasteiger partial charge in [0.15, 0.2) is 0 Å². The van der Waals surface area contributed by atoms with Crippen LogP contribution in [0.5, 0.6) is 5.75 Å². The largest absolute Gasteiger partial charge is 0.497 e. The number of ether oxygens (including phenoxy) is 1. The molecule has 0 saturated heterocycles.